The summed E-state index contributed by atoms with van der Waals surface area (Å²) in [5.41, 5.74) is 0.956. The number of rotatable bonds is 6. The molecule has 3 heterocycles. The van der Waals surface area contributed by atoms with Gasteiger partial charge in [0.15, 0.2) is 11.5 Å². The quantitative estimate of drug-likeness (QED) is 0.586. The van der Waals surface area contributed by atoms with Crippen molar-refractivity contribution in [1.29, 1.82) is 0 Å². The third-order valence-corrected chi connectivity index (χ3v) is 10.5. The minimum absolute atomic E-state index is 0.0959. The van der Waals surface area contributed by atoms with Crippen molar-refractivity contribution in [2.24, 2.45) is 5.92 Å². The SMILES string of the molecule is CCOC(=O)CC1CCCCN1[C@H]1CC[C@@]2(O)[C@H]3Cc4ccc(O)c5c4[C@@]2(CCN3CC2CC2)[C@H]1O5. The number of aromatic hydroxyl groups is 1. The first-order valence-electron chi connectivity index (χ1n) is 14.4. The predicted molar refractivity (Wildman–Crippen MR) is 134 cm³/mol. The van der Waals surface area contributed by atoms with Gasteiger partial charge in [0.1, 0.15) is 6.10 Å². The molecule has 6 aliphatic rings. The first kappa shape index (κ1) is 23.3. The van der Waals surface area contributed by atoms with E-state index in [2.05, 4.69) is 15.9 Å². The van der Waals surface area contributed by atoms with Gasteiger partial charge in [-0.05, 0) is 88.9 Å². The van der Waals surface area contributed by atoms with E-state index in [1.54, 1.807) is 6.07 Å². The highest BCUT2D eigenvalue weighted by atomic mass is 16.5. The molecule has 36 heavy (non-hydrogen) atoms. The van der Waals surface area contributed by atoms with Gasteiger partial charge in [0.2, 0.25) is 0 Å². The minimum Gasteiger partial charge on any atom is -0.504 e. The maximum Gasteiger partial charge on any atom is 0.307 e. The van der Waals surface area contributed by atoms with E-state index in [-0.39, 0.29) is 35.9 Å². The molecule has 2 saturated heterocycles. The van der Waals surface area contributed by atoms with E-state index in [4.69, 9.17) is 9.47 Å². The number of ether oxygens (including phenoxy) is 2. The Morgan fingerprint density at radius 2 is 2.03 bits per heavy atom. The fourth-order valence-electron chi connectivity index (χ4n) is 8.89. The Kier molecular flexibility index (Phi) is 5.40. The van der Waals surface area contributed by atoms with E-state index in [9.17, 15) is 15.0 Å². The highest BCUT2D eigenvalue weighted by Gasteiger charge is 2.73. The molecule has 3 aliphatic carbocycles. The minimum atomic E-state index is -0.861. The Balaban J connectivity index is 1.28. The van der Waals surface area contributed by atoms with Crippen molar-refractivity contribution in [2.45, 2.75) is 106 Å². The molecule has 1 aromatic rings. The molecule has 0 amide bonds. The van der Waals surface area contributed by atoms with Gasteiger partial charge in [0.05, 0.1) is 24.0 Å². The number of benzene rings is 1. The van der Waals surface area contributed by atoms with Gasteiger partial charge < -0.3 is 19.7 Å². The Morgan fingerprint density at radius 3 is 2.83 bits per heavy atom. The van der Waals surface area contributed by atoms with E-state index in [1.165, 1.54) is 18.4 Å². The van der Waals surface area contributed by atoms with Crippen LogP contribution in [-0.4, -0.2) is 82.1 Å². The molecule has 2 bridgehead atoms. The molecule has 4 fully saturated rings. The van der Waals surface area contributed by atoms with Crippen LogP contribution in [0.5, 0.6) is 11.5 Å². The molecule has 0 radical (unpaired) electrons. The largest absolute Gasteiger partial charge is 0.504 e. The standard InChI is InChI=1S/C29H40N2O5/c1-2-35-24(33)16-20-5-3-4-13-31(20)21-10-11-29(34)23-15-19-8-9-22(32)26-25(19)28(29,27(21)36-26)12-14-30(23)17-18-6-7-18/h8-9,18,20-21,23,27,32,34H,2-7,10-17H2,1H3/t20?,21-,23+,27-,28-,29+/m0/s1. The van der Waals surface area contributed by atoms with Gasteiger partial charge in [-0.3, -0.25) is 14.6 Å². The topological polar surface area (TPSA) is 82.5 Å². The number of carbonyl (C=O) groups excluding carboxylic acids is 1. The molecule has 7 nitrogen and oxygen atoms in total. The molecule has 3 aliphatic heterocycles. The zero-order valence-electron chi connectivity index (χ0n) is 21.5. The number of carbonyl (C=O) groups is 1. The summed E-state index contributed by atoms with van der Waals surface area (Å²) in [6.07, 6.45) is 9.30. The van der Waals surface area contributed by atoms with Crippen LogP contribution in [0.15, 0.2) is 12.1 Å². The summed E-state index contributed by atoms with van der Waals surface area (Å²) in [7, 11) is 0. The normalized spacial score (nSPS) is 39.4. The highest BCUT2D eigenvalue weighted by Crippen LogP contribution is 2.66. The van der Waals surface area contributed by atoms with Crippen molar-refractivity contribution in [3.8, 4) is 11.5 Å². The lowest BCUT2D eigenvalue weighted by molar-refractivity contribution is -0.204. The first-order valence-corrected chi connectivity index (χ1v) is 14.4. The van der Waals surface area contributed by atoms with Crippen molar-refractivity contribution in [3.63, 3.8) is 0 Å². The Bertz CT molecular complexity index is 1060. The van der Waals surface area contributed by atoms with Crippen molar-refractivity contribution >= 4 is 5.97 Å². The smallest absolute Gasteiger partial charge is 0.307 e. The number of hydrogen-bond acceptors (Lipinski definition) is 7. The second-order valence-electron chi connectivity index (χ2n) is 12.3. The summed E-state index contributed by atoms with van der Waals surface area (Å²) in [6, 6.07) is 4.20. The Morgan fingerprint density at radius 1 is 1.17 bits per heavy atom. The number of esters is 1. The molecule has 2 N–H and O–H groups in total. The number of nitrogens with zero attached hydrogens (tertiary/aromatic N) is 2. The molecule has 1 aromatic carbocycles. The third-order valence-electron chi connectivity index (χ3n) is 10.5. The van der Waals surface area contributed by atoms with E-state index in [0.29, 0.717) is 18.8 Å². The molecule has 196 valence electrons. The zero-order valence-corrected chi connectivity index (χ0v) is 21.5. The van der Waals surface area contributed by atoms with Crippen molar-refractivity contribution in [2.75, 3.05) is 26.2 Å². The van der Waals surface area contributed by atoms with Crippen LogP contribution in [0.2, 0.25) is 0 Å². The lowest BCUT2D eigenvalue weighted by Crippen LogP contribution is -2.78. The van der Waals surface area contributed by atoms with Gasteiger partial charge in [0, 0.05) is 30.2 Å². The average molecular weight is 497 g/mol. The molecule has 7 heteroatoms. The summed E-state index contributed by atoms with van der Waals surface area (Å²) in [5.74, 6) is 1.46. The summed E-state index contributed by atoms with van der Waals surface area (Å²) in [4.78, 5) is 17.6. The lowest BCUT2D eigenvalue weighted by atomic mass is 9.48. The fourth-order valence-corrected chi connectivity index (χ4v) is 8.89. The lowest BCUT2D eigenvalue weighted by Gasteiger charge is -2.65. The number of piperidine rings is 2. The second-order valence-corrected chi connectivity index (χ2v) is 12.3. The van der Waals surface area contributed by atoms with Crippen LogP contribution >= 0.6 is 0 Å². The molecule has 1 spiro atoms. The van der Waals surface area contributed by atoms with Crippen LogP contribution in [0.1, 0.15) is 75.8 Å². The summed E-state index contributed by atoms with van der Waals surface area (Å²) in [6.45, 7) is 5.27. The second kappa shape index (κ2) is 8.34. The summed E-state index contributed by atoms with van der Waals surface area (Å²) in [5, 5.41) is 23.6. The van der Waals surface area contributed by atoms with E-state index in [0.717, 1.165) is 76.1 Å². The molecule has 2 saturated carbocycles. The third kappa shape index (κ3) is 3.18. The molecule has 0 aromatic heterocycles. The van der Waals surface area contributed by atoms with Gasteiger partial charge in [-0.15, -0.1) is 0 Å². The summed E-state index contributed by atoms with van der Waals surface area (Å²) < 4.78 is 12.1. The van der Waals surface area contributed by atoms with E-state index >= 15 is 0 Å². The predicted octanol–water partition coefficient (Wildman–Crippen LogP) is 3.13. The van der Waals surface area contributed by atoms with E-state index in [1.807, 2.05) is 6.92 Å². The van der Waals surface area contributed by atoms with Gasteiger partial charge >= 0.3 is 5.97 Å². The summed E-state index contributed by atoms with van der Waals surface area (Å²) >= 11 is 0. The van der Waals surface area contributed by atoms with Gasteiger partial charge in [-0.2, -0.15) is 0 Å². The number of aliphatic hydroxyl groups is 1. The van der Waals surface area contributed by atoms with Gasteiger partial charge in [0.25, 0.3) is 0 Å². The zero-order chi connectivity index (χ0) is 24.7. The van der Waals surface area contributed by atoms with E-state index < -0.39 is 11.0 Å². The fraction of sp³-hybridized carbons (Fsp3) is 0.759. The molecule has 6 atom stereocenters. The Labute approximate surface area is 213 Å². The first-order chi connectivity index (χ1) is 17.5. The maximum absolute atomic E-state index is 12.7. The van der Waals surface area contributed by atoms with Crippen LogP contribution < -0.4 is 4.74 Å². The number of likely N-dealkylation sites (tertiary alicyclic amines) is 2. The maximum atomic E-state index is 12.7. The monoisotopic (exact) mass is 496 g/mol. The average Bonchev–Trinajstić information content (AvgIpc) is 3.60. The van der Waals surface area contributed by atoms with Gasteiger partial charge in [-0.1, -0.05) is 12.5 Å². The highest BCUT2D eigenvalue weighted by molar-refractivity contribution is 5.70. The molecular weight excluding hydrogens is 456 g/mol. The molecule has 7 rings (SSSR count). The number of phenols is 1. The van der Waals surface area contributed by atoms with Crippen LogP contribution in [0, 0.1) is 5.92 Å². The van der Waals surface area contributed by atoms with Crippen molar-refractivity contribution in [3.05, 3.63) is 23.3 Å². The molecular formula is C29H40N2O5. The van der Waals surface area contributed by atoms with Crippen molar-refractivity contribution in [1.82, 2.24) is 9.80 Å². The molecule has 1 unspecified atom stereocenters. The van der Waals surface area contributed by atoms with Gasteiger partial charge in [-0.25, -0.2) is 0 Å². The number of hydrogen-bond donors (Lipinski definition) is 2. The van der Waals surface area contributed by atoms with Crippen molar-refractivity contribution < 1.29 is 24.5 Å². The van der Waals surface area contributed by atoms with Crippen LogP contribution in [-0.2, 0) is 21.4 Å². The Hall–Kier alpha value is -1.83. The number of phenolic OH excluding ortho intramolecular Hbond substituents is 1. The van der Waals surface area contributed by atoms with Crippen LogP contribution in [0.25, 0.3) is 0 Å². The van der Waals surface area contributed by atoms with Crippen LogP contribution in [0.4, 0.5) is 0 Å². The van der Waals surface area contributed by atoms with Crippen LogP contribution in [0.3, 0.4) is 0 Å².